The minimum atomic E-state index is -0.464. The Morgan fingerprint density at radius 2 is 1.89 bits per heavy atom. The number of aryl methyl sites for hydroxylation is 1. The van der Waals surface area contributed by atoms with Crippen LogP contribution in [0.15, 0.2) is 80.8 Å². The van der Waals surface area contributed by atoms with E-state index < -0.39 is 11.8 Å². The highest BCUT2D eigenvalue weighted by molar-refractivity contribution is 8.04. The summed E-state index contributed by atoms with van der Waals surface area (Å²) in [6.45, 7) is 5.90. The molecule has 2 aromatic carbocycles. The highest BCUT2D eigenvalue weighted by Gasteiger charge is 2.40. The maximum absolute atomic E-state index is 13.5. The van der Waals surface area contributed by atoms with Crippen molar-refractivity contribution in [2.45, 2.75) is 38.6 Å². The zero-order valence-electron chi connectivity index (χ0n) is 21.2. The van der Waals surface area contributed by atoms with Gasteiger partial charge in [0.25, 0.3) is 11.8 Å². The Hall–Kier alpha value is -3.98. The highest BCUT2D eigenvalue weighted by Crippen LogP contribution is 2.38. The van der Waals surface area contributed by atoms with Crippen molar-refractivity contribution in [1.82, 2.24) is 4.90 Å². The molecular weight excluding hydrogens is 490 g/mol. The first-order chi connectivity index (χ1) is 17.7. The van der Waals surface area contributed by atoms with Crippen LogP contribution in [0.4, 0.5) is 11.4 Å². The summed E-state index contributed by atoms with van der Waals surface area (Å²) in [6, 6.07) is 16.2. The Kier molecular flexibility index (Phi) is 8.03. The third-order valence-electron chi connectivity index (χ3n) is 5.57. The van der Waals surface area contributed by atoms with E-state index in [1.807, 2.05) is 39.0 Å². The van der Waals surface area contributed by atoms with Crippen LogP contribution in [0, 0.1) is 12.8 Å². The van der Waals surface area contributed by atoms with Crippen LogP contribution in [0.3, 0.4) is 0 Å². The van der Waals surface area contributed by atoms with Crippen LogP contribution < -0.4 is 15.4 Å². The summed E-state index contributed by atoms with van der Waals surface area (Å²) >= 11 is 1.16. The summed E-state index contributed by atoms with van der Waals surface area (Å²) in [5, 5.41) is 6.05. The quantitative estimate of drug-likeness (QED) is 0.338. The van der Waals surface area contributed by atoms with Gasteiger partial charge in [0, 0.05) is 17.0 Å². The smallest absolute Gasteiger partial charge is 0.278 e. The minimum absolute atomic E-state index is 0.0101. The van der Waals surface area contributed by atoms with Crippen molar-refractivity contribution in [3.05, 3.63) is 82.8 Å². The lowest BCUT2D eigenvalue weighted by atomic mass is 10.1. The number of carbonyl (C=O) groups is 3. The standard InChI is InChI=1S/C28H29N3O5S/c1-17(2)13-24(32)29-19-7-5-9-21(15-19)37-26-25(30-22-14-18(3)10-11-23(22)35-4)27(33)31(28(26)34)16-20-8-6-12-36-20/h5-12,14-15,17,30H,13,16H2,1-4H3,(H,29,32). The molecule has 8 nitrogen and oxygen atoms in total. The number of ether oxygens (including phenoxy) is 1. The minimum Gasteiger partial charge on any atom is -0.495 e. The fourth-order valence-corrected chi connectivity index (χ4v) is 4.86. The molecule has 0 saturated heterocycles. The molecular formula is C28H29N3O5S. The van der Waals surface area contributed by atoms with E-state index >= 15 is 0 Å². The van der Waals surface area contributed by atoms with Gasteiger partial charge in [0.2, 0.25) is 5.91 Å². The number of thioether (sulfide) groups is 1. The Balaban J connectivity index is 1.66. The summed E-state index contributed by atoms with van der Waals surface area (Å²) in [6.07, 6.45) is 1.91. The Morgan fingerprint density at radius 3 is 2.59 bits per heavy atom. The monoisotopic (exact) mass is 519 g/mol. The molecule has 1 aliphatic rings. The third-order valence-corrected chi connectivity index (χ3v) is 6.64. The largest absolute Gasteiger partial charge is 0.495 e. The summed E-state index contributed by atoms with van der Waals surface area (Å²) in [5.74, 6) is 0.292. The Morgan fingerprint density at radius 1 is 1.08 bits per heavy atom. The first kappa shape index (κ1) is 26.1. The van der Waals surface area contributed by atoms with E-state index in [0.29, 0.717) is 34.2 Å². The van der Waals surface area contributed by atoms with Crippen molar-refractivity contribution >= 4 is 40.9 Å². The number of nitrogens with zero attached hydrogens (tertiary/aromatic N) is 1. The molecule has 0 spiro atoms. The van der Waals surface area contributed by atoms with E-state index in [1.54, 1.807) is 43.5 Å². The van der Waals surface area contributed by atoms with Crippen LogP contribution in [0.25, 0.3) is 0 Å². The highest BCUT2D eigenvalue weighted by atomic mass is 32.2. The van der Waals surface area contributed by atoms with Crippen LogP contribution in [-0.2, 0) is 20.9 Å². The van der Waals surface area contributed by atoms with Gasteiger partial charge in [-0.3, -0.25) is 19.3 Å². The summed E-state index contributed by atoms with van der Waals surface area (Å²) in [7, 11) is 1.55. The average Bonchev–Trinajstić information content (AvgIpc) is 3.43. The number of rotatable bonds is 10. The molecule has 0 unspecified atom stereocenters. The molecule has 37 heavy (non-hydrogen) atoms. The maximum Gasteiger partial charge on any atom is 0.278 e. The molecule has 2 heterocycles. The van der Waals surface area contributed by atoms with E-state index in [-0.39, 0.29) is 29.0 Å². The average molecular weight is 520 g/mol. The van der Waals surface area contributed by atoms with Crippen molar-refractivity contribution in [3.8, 4) is 5.75 Å². The maximum atomic E-state index is 13.5. The van der Waals surface area contributed by atoms with Gasteiger partial charge in [-0.25, -0.2) is 0 Å². The number of furan rings is 1. The van der Waals surface area contributed by atoms with Gasteiger partial charge < -0.3 is 19.8 Å². The van der Waals surface area contributed by atoms with Gasteiger partial charge in [0.05, 0.1) is 25.6 Å². The molecule has 1 aromatic heterocycles. The number of imide groups is 1. The summed E-state index contributed by atoms with van der Waals surface area (Å²) in [5.41, 5.74) is 2.31. The second-order valence-corrected chi connectivity index (χ2v) is 10.2. The van der Waals surface area contributed by atoms with Gasteiger partial charge >= 0.3 is 0 Å². The van der Waals surface area contributed by atoms with Crippen molar-refractivity contribution in [3.63, 3.8) is 0 Å². The lowest BCUT2D eigenvalue weighted by Crippen LogP contribution is -2.31. The molecule has 0 saturated carbocycles. The van der Waals surface area contributed by atoms with E-state index in [9.17, 15) is 14.4 Å². The van der Waals surface area contributed by atoms with Crippen LogP contribution >= 0.6 is 11.8 Å². The third kappa shape index (κ3) is 6.24. The number of carbonyl (C=O) groups excluding carboxylic acids is 3. The second-order valence-electron chi connectivity index (χ2n) is 9.08. The predicted octanol–water partition coefficient (Wildman–Crippen LogP) is 5.57. The molecule has 4 rings (SSSR count). The van der Waals surface area contributed by atoms with Crippen LogP contribution in [-0.4, -0.2) is 29.7 Å². The van der Waals surface area contributed by atoms with Crippen molar-refractivity contribution in [1.29, 1.82) is 0 Å². The number of hydrogen-bond acceptors (Lipinski definition) is 7. The Labute approximate surface area is 220 Å². The molecule has 2 N–H and O–H groups in total. The van der Waals surface area contributed by atoms with E-state index in [4.69, 9.17) is 9.15 Å². The number of hydrogen-bond donors (Lipinski definition) is 2. The van der Waals surface area contributed by atoms with E-state index in [0.717, 1.165) is 22.2 Å². The molecule has 3 aromatic rings. The van der Waals surface area contributed by atoms with Gasteiger partial charge in [-0.1, -0.05) is 37.7 Å². The topological polar surface area (TPSA) is 101 Å². The van der Waals surface area contributed by atoms with E-state index in [1.165, 1.54) is 6.26 Å². The van der Waals surface area contributed by atoms with E-state index in [2.05, 4.69) is 10.6 Å². The molecule has 192 valence electrons. The Bertz CT molecular complexity index is 1350. The number of nitrogens with one attached hydrogen (secondary N) is 2. The lowest BCUT2D eigenvalue weighted by Gasteiger charge is -2.15. The van der Waals surface area contributed by atoms with Gasteiger partial charge in [0.15, 0.2) is 0 Å². The molecule has 0 bridgehead atoms. The summed E-state index contributed by atoms with van der Waals surface area (Å²) < 4.78 is 10.8. The van der Waals surface area contributed by atoms with Crippen LogP contribution in [0.5, 0.6) is 5.75 Å². The number of methoxy groups -OCH3 is 1. The van der Waals surface area contributed by atoms with Crippen molar-refractivity contribution in [2.75, 3.05) is 17.7 Å². The van der Waals surface area contributed by atoms with Crippen LogP contribution in [0.2, 0.25) is 0 Å². The number of amides is 3. The fraction of sp³-hybridized carbons (Fsp3) is 0.250. The first-order valence-corrected chi connectivity index (χ1v) is 12.7. The molecule has 0 atom stereocenters. The normalized spacial score (nSPS) is 13.5. The molecule has 0 radical (unpaired) electrons. The SMILES string of the molecule is COc1ccc(C)cc1NC1=C(Sc2cccc(NC(=O)CC(C)C)c2)C(=O)N(Cc2ccco2)C1=O. The molecule has 9 heteroatoms. The van der Waals surface area contributed by atoms with Crippen molar-refractivity contribution < 1.29 is 23.5 Å². The number of benzene rings is 2. The summed E-state index contributed by atoms with van der Waals surface area (Å²) in [4.78, 5) is 41.3. The van der Waals surface area contributed by atoms with Gasteiger partial charge in [0.1, 0.15) is 22.1 Å². The van der Waals surface area contributed by atoms with Crippen LogP contribution in [0.1, 0.15) is 31.6 Å². The zero-order valence-corrected chi connectivity index (χ0v) is 22.0. The van der Waals surface area contributed by atoms with Gasteiger partial charge in [-0.15, -0.1) is 0 Å². The molecule has 3 amide bonds. The second kappa shape index (κ2) is 11.4. The molecule has 0 fully saturated rings. The lowest BCUT2D eigenvalue weighted by molar-refractivity contribution is -0.138. The molecule has 1 aliphatic heterocycles. The first-order valence-electron chi connectivity index (χ1n) is 11.9. The number of anilines is 2. The van der Waals surface area contributed by atoms with Gasteiger partial charge in [-0.05, 0) is 60.9 Å². The predicted molar refractivity (Wildman–Crippen MR) is 143 cm³/mol. The van der Waals surface area contributed by atoms with Gasteiger partial charge in [-0.2, -0.15) is 0 Å². The fourth-order valence-electron chi connectivity index (χ4n) is 3.85. The molecule has 0 aliphatic carbocycles. The van der Waals surface area contributed by atoms with Crippen molar-refractivity contribution in [2.24, 2.45) is 5.92 Å². The zero-order chi connectivity index (χ0) is 26.5.